The van der Waals surface area contributed by atoms with Gasteiger partial charge in [0, 0.05) is 5.56 Å². The molecular weight excluding hydrogens is 211 g/mol. The number of methoxy groups -OCH3 is 1. The van der Waals surface area contributed by atoms with Crippen molar-refractivity contribution in [2.45, 2.75) is 26.2 Å². The topological polar surface area (TPSA) is 46.5 Å². The van der Waals surface area contributed by atoms with Crippen LogP contribution in [0.5, 0.6) is 5.75 Å². The highest BCUT2D eigenvalue weighted by molar-refractivity contribution is 5.68. The first kappa shape index (κ1) is 12.5. The number of aryl methyl sites for hydroxylation is 1. The van der Waals surface area contributed by atoms with Crippen LogP contribution in [0.25, 0.3) is 0 Å². The van der Waals surface area contributed by atoms with Gasteiger partial charge in [0.1, 0.15) is 11.6 Å². The Morgan fingerprint density at radius 2 is 2.19 bits per heavy atom. The van der Waals surface area contributed by atoms with Crippen LogP contribution < -0.4 is 4.74 Å². The third-order valence-corrected chi connectivity index (χ3v) is 2.52. The number of rotatable bonds is 4. The molecule has 0 heterocycles. The fourth-order valence-electron chi connectivity index (χ4n) is 1.60. The van der Waals surface area contributed by atoms with Crippen molar-refractivity contribution >= 4 is 5.97 Å². The van der Waals surface area contributed by atoms with Crippen molar-refractivity contribution in [2.75, 3.05) is 7.11 Å². The van der Waals surface area contributed by atoms with E-state index in [0.717, 1.165) is 0 Å². The quantitative estimate of drug-likeness (QED) is 0.858. The fourth-order valence-corrected chi connectivity index (χ4v) is 1.60. The van der Waals surface area contributed by atoms with Crippen LogP contribution in [0.15, 0.2) is 12.1 Å². The number of carboxylic acid groups (broad SMARTS) is 1. The van der Waals surface area contributed by atoms with Crippen LogP contribution in [-0.4, -0.2) is 18.2 Å². The second-order valence-corrected chi connectivity index (χ2v) is 3.84. The first-order valence-electron chi connectivity index (χ1n) is 5.01. The summed E-state index contributed by atoms with van der Waals surface area (Å²) < 4.78 is 18.5. The van der Waals surface area contributed by atoms with E-state index >= 15 is 0 Å². The normalized spacial score (nSPS) is 12.2. The number of carboxylic acids is 1. The van der Waals surface area contributed by atoms with E-state index in [2.05, 4.69) is 0 Å². The van der Waals surface area contributed by atoms with Crippen LogP contribution in [0.1, 0.15) is 30.4 Å². The van der Waals surface area contributed by atoms with Crippen LogP contribution >= 0.6 is 0 Å². The molecule has 1 aromatic rings. The van der Waals surface area contributed by atoms with Gasteiger partial charge in [-0.25, -0.2) is 4.39 Å². The lowest BCUT2D eigenvalue weighted by atomic mass is 9.95. The predicted molar refractivity (Wildman–Crippen MR) is 58.4 cm³/mol. The predicted octanol–water partition coefficient (Wildman–Crippen LogP) is 2.72. The van der Waals surface area contributed by atoms with E-state index in [4.69, 9.17) is 9.84 Å². The molecule has 0 fully saturated rings. The molecule has 16 heavy (non-hydrogen) atoms. The minimum absolute atomic E-state index is 0.0428. The maximum Gasteiger partial charge on any atom is 0.303 e. The van der Waals surface area contributed by atoms with Gasteiger partial charge in [0.05, 0.1) is 13.5 Å². The molecule has 88 valence electrons. The van der Waals surface area contributed by atoms with Crippen molar-refractivity contribution in [1.82, 2.24) is 0 Å². The lowest BCUT2D eigenvalue weighted by Crippen LogP contribution is -2.05. The van der Waals surface area contributed by atoms with Gasteiger partial charge in [0.15, 0.2) is 0 Å². The Bertz CT molecular complexity index is 401. The molecule has 1 unspecified atom stereocenters. The second kappa shape index (κ2) is 4.96. The first-order chi connectivity index (χ1) is 7.45. The van der Waals surface area contributed by atoms with E-state index in [9.17, 15) is 9.18 Å². The van der Waals surface area contributed by atoms with Gasteiger partial charge >= 0.3 is 5.97 Å². The third kappa shape index (κ3) is 2.72. The third-order valence-electron chi connectivity index (χ3n) is 2.52. The van der Waals surface area contributed by atoms with E-state index in [1.54, 1.807) is 19.9 Å². The Morgan fingerprint density at radius 1 is 1.56 bits per heavy atom. The summed E-state index contributed by atoms with van der Waals surface area (Å²) >= 11 is 0. The van der Waals surface area contributed by atoms with Crippen LogP contribution in [-0.2, 0) is 4.79 Å². The zero-order valence-electron chi connectivity index (χ0n) is 9.58. The van der Waals surface area contributed by atoms with Crippen molar-refractivity contribution in [3.8, 4) is 5.75 Å². The highest BCUT2D eigenvalue weighted by Crippen LogP contribution is 2.31. The van der Waals surface area contributed by atoms with Gasteiger partial charge in [-0.15, -0.1) is 0 Å². The Morgan fingerprint density at radius 3 is 2.69 bits per heavy atom. The molecule has 3 nitrogen and oxygen atoms in total. The molecule has 1 N–H and O–H groups in total. The van der Waals surface area contributed by atoms with Crippen molar-refractivity contribution < 1.29 is 19.0 Å². The first-order valence-corrected chi connectivity index (χ1v) is 5.01. The molecule has 0 aliphatic heterocycles. The molecule has 0 aliphatic rings. The fraction of sp³-hybridized carbons (Fsp3) is 0.417. The summed E-state index contributed by atoms with van der Waals surface area (Å²) in [5.74, 6) is -0.987. The van der Waals surface area contributed by atoms with Crippen LogP contribution in [0.2, 0.25) is 0 Å². The van der Waals surface area contributed by atoms with Crippen LogP contribution in [0.4, 0.5) is 4.39 Å². The largest absolute Gasteiger partial charge is 0.496 e. The number of carbonyl (C=O) groups is 1. The molecule has 1 rings (SSSR count). The van der Waals surface area contributed by atoms with E-state index in [1.807, 2.05) is 0 Å². The van der Waals surface area contributed by atoms with Crippen molar-refractivity contribution in [3.63, 3.8) is 0 Å². The van der Waals surface area contributed by atoms with Gasteiger partial charge in [-0.3, -0.25) is 4.79 Å². The number of benzene rings is 1. The van der Waals surface area contributed by atoms with Crippen molar-refractivity contribution in [3.05, 3.63) is 29.1 Å². The number of hydrogen-bond acceptors (Lipinski definition) is 2. The number of halogens is 1. The van der Waals surface area contributed by atoms with Gasteiger partial charge < -0.3 is 9.84 Å². The van der Waals surface area contributed by atoms with E-state index in [-0.39, 0.29) is 18.2 Å². The van der Waals surface area contributed by atoms with E-state index in [1.165, 1.54) is 13.2 Å². The summed E-state index contributed by atoms with van der Waals surface area (Å²) in [5.41, 5.74) is 1.08. The molecule has 0 aliphatic carbocycles. The standard InChI is InChI=1S/C12H15FO3/c1-7(5-12(14)15)9-6-10(13)8(2)4-11(9)16-3/h4,6-7H,5H2,1-3H3,(H,14,15). The molecule has 0 saturated heterocycles. The van der Waals surface area contributed by atoms with E-state index in [0.29, 0.717) is 16.9 Å². The average molecular weight is 226 g/mol. The smallest absolute Gasteiger partial charge is 0.303 e. The SMILES string of the molecule is COc1cc(C)c(F)cc1C(C)CC(=O)O. The van der Waals surface area contributed by atoms with E-state index < -0.39 is 5.97 Å². The van der Waals surface area contributed by atoms with Gasteiger partial charge in [0.2, 0.25) is 0 Å². The Labute approximate surface area is 93.9 Å². The summed E-state index contributed by atoms with van der Waals surface area (Å²) in [6.07, 6.45) is -0.0428. The van der Waals surface area contributed by atoms with Crippen molar-refractivity contribution in [2.24, 2.45) is 0 Å². The molecule has 0 bridgehead atoms. The van der Waals surface area contributed by atoms with Gasteiger partial charge in [0.25, 0.3) is 0 Å². The zero-order chi connectivity index (χ0) is 12.3. The molecule has 0 spiro atoms. The molecule has 4 heteroatoms. The highest BCUT2D eigenvalue weighted by atomic mass is 19.1. The molecule has 1 aromatic carbocycles. The Hall–Kier alpha value is -1.58. The molecule has 0 amide bonds. The summed E-state index contributed by atoms with van der Waals surface area (Å²) in [6.45, 7) is 3.38. The maximum absolute atomic E-state index is 13.4. The summed E-state index contributed by atoms with van der Waals surface area (Å²) in [5, 5.41) is 8.70. The monoisotopic (exact) mass is 226 g/mol. The Kier molecular flexibility index (Phi) is 3.88. The molecule has 0 radical (unpaired) electrons. The molecule has 0 aromatic heterocycles. The summed E-state index contributed by atoms with van der Waals surface area (Å²) in [4.78, 5) is 10.6. The van der Waals surface area contributed by atoms with Gasteiger partial charge in [-0.2, -0.15) is 0 Å². The second-order valence-electron chi connectivity index (χ2n) is 3.84. The molecular formula is C12H15FO3. The number of ether oxygens (including phenoxy) is 1. The van der Waals surface area contributed by atoms with Gasteiger partial charge in [-0.1, -0.05) is 6.92 Å². The maximum atomic E-state index is 13.4. The minimum Gasteiger partial charge on any atom is -0.496 e. The number of hydrogen-bond donors (Lipinski definition) is 1. The highest BCUT2D eigenvalue weighted by Gasteiger charge is 2.16. The lowest BCUT2D eigenvalue weighted by molar-refractivity contribution is -0.137. The average Bonchev–Trinajstić information content (AvgIpc) is 2.20. The van der Waals surface area contributed by atoms with Crippen LogP contribution in [0.3, 0.4) is 0 Å². The van der Waals surface area contributed by atoms with Crippen molar-refractivity contribution in [1.29, 1.82) is 0 Å². The summed E-state index contributed by atoms with van der Waals surface area (Å²) in [7, 11) is 1.49. The lowest BCUT2D eigenvalue weighted by Gasteiger charge is -2.15. The zero-order valence-corrected chi connectivity index (χ0v) is 9.58. The molecule has 0 saturated carbocycles. The van der Waals surface area contributed by atoms with Gasteiger partial charge in [-0.05, 0) is 30.5 Å². The number of aliphatic carboxylic acids is 1. The van der Waals surface area contributed by atoms with Crippen LogP contribution in [0, 0.1) is 12.7 Å². The molecule has 1 atom stereocenters. The summed E-state index contributed by atoms with van der Waals surface area (Å²) in [6, 6.07) is 2.94. The Balaban J connectivity index is 3.10. The minimum atomic E-state index is -0.907.